The Kier molecular flexibility index (Phi) is 7.48. The second-order valence-electron chi connectivity index (χ2n) is 8.44. The number of nitrogens with zero attached hydrogens (tertiary/aromatic N) is 3. The highest BCUT2D eigenvalue weighted by Crippen LogP contribution is 2.42. The van der Waals surface area contributed by atoms with Gasteiger partial charge >= 0.3 is 5.97 Å². The zero-order chi connectivity index (χ0) is 22.7. The lowest BCUT2D eigenvalue weighted by molar-refractivity contribution is -0.133. The minimum absolute atomic E-state index is 0.0490. The zero-order valence-corrected chi connectivity index (χ0v) is 20.4. The van der Waals surface area contributed by atoms with Gasteiger partial charge in [0.25, 0.3) is 0 Å². The molecule has 9 heteroatoms. The maximum Gasteiger partial charge on any atom is 0.313 e. The maximum atomic E-state index is 12.0. The van der Waals surface area contributed by atoms with Crippen molar-refractivity contribution in [2.24, 2.45) is 5.92 Å². The van der Waals surface area contributed by atoms with Gasteiger partial charge in [0.2, 0.25) is 5.91 Å². The van der Waals surface area contributed by atoms with E-state index in [0.29, 0.717) is 24.4 Å². The number of carbonyl (C=O) groups is 2. The van der Waals surface area contributed by atoms with Crippen LogP contribution in [0.5, 0.6) is 0 Å². The number of aromatic nitrogens is 2. The molecule has 1 aromatic carbocycles. The third-order valence-corrected chi connectivity index (χ3v) is 7.87. The Bertz CT molecular complexity index is 1000. The predicted octanol–water partition coefficient (Wildman–Crippen LogP) is 3.33. The molecule has 7 nitrogen and oxygen atoms in total. The van der Waals surface area contributed by atoms with E-state index in [9.17, 15) is 9.59 Å². The highest BCUT2D eigenvalue weighted by molar-refractivity contribution is 9.10. The fourth-order valence-electron chi connectivity index (χ4n) is 4.79. The second-order valence-corrected chi connectivity index (χ2v) is 10.3. The van der Waals surface area contributed by atoms with E-state index in [1.807, 2.05) is 25.1 Å². The van der Waals surface area contributed by atoms with Gasteiger partial charge in [-0.25, -0.2) is 9.97 Å². The van der Waals surface area contributed by atoms with Crippen molar-refractivity contribution in [3.05, 3.63) is 46.3 Å². The first kappa shape index (κ1) is 23.2. The fourth-order valence-corrected chi connectivity index (χ4v) is 5.84. The number of amides is 1. The second kappa shape index (κ2) is 10.3. The number of hydrogen-bond acceptors (Lipinski definition) is 6. The minimum Gasteiger partial charge on any atom is -0.481 e. The summed E-state index contributed by atoms with van der Waals surface area (Å²) in [5.74, 6) is 0.824. The van der Waals surface area contributed by atoms with Gasteiger partial charge in [-0.05, 0) is 44.4 Å². The van der Waals surface area contributed by atoms with Crippen molar-refractivity contribution < 1.29 is 14.7 Å². The molecule has 3 aliphatic rings. The van der Waals surface area contributed by atoms with E-state index in [1.54, 1.807) is 0 Å². The summed E-state index contributed by atoms with van der Waals surface area (Å²) in [6, 6.07) is 10.6. The number of carbonyl (C=O) groups excluding carboxylic acids is 1. The van der Waals surface area contributed by atoms with E-state index in [2.05, 4.69) is 43.3 Å². The molecule has 0 radical (unpaired) electrons. The average molecular weight is 519 g/mol. The SMILES string of the molecule is Cc1nc(-c2ccccc2Br)cc([C@@H]2CN3CC[C@H]2C[C@@H]3CNC(=O)CSCC(=O)O)n1. The normalized spacial score (nSPS) is 24.3. The molecule has 4 atom stereocenters. The van der Waals surface area contributed by atoms with Crippen molar-refractivity contribution in [3.8, 4) is 11.3 Å². The van der Waals surface area contributed by atoms with Crippen molar-refractivity contribution in [2.45, 2.75) is 31.7 Å². The standard InChI is InChI=1S/C23H27BrN4O3S/c1-14-26-20(17-4-2-3-5-19(17)24)9-21(27-14)18-11-28-7-6-15(18)8-16(28)10-25-22(29)12-32-13-23(30)31/h2-5,9,15-16,18H,6-8,10-13H2,1H3,(H,25,29)(H,30,31)/t15-,16+,18+/m0/s1. The molecule has 2 N–H and O–H groups in total. The van der Waals surface area contributed by atoms with Crippen LogP contribution in [0.3, 0.4) is 0 Å². The van der Waals surface area contributed by atoms with Crippen LogP contribution < -0.4 is 5.32 Å². The van der Waals surface area contributed by atoms with Gasteiger partial charge < -0.3 is 10.4 Å². The molecule has 3 saturated heterocycles. The van der Waals surface area contributed by atoms with Crippen LogP contribution in [0, 0.1) is 12.8 Å². The van der Waals surface area contributed by atoms with Gasteiger partial charge in [0.1, 0.15) is 5.82 Å². The number of halogens is 1. The highest BCUT2D eigenvalue weighted by atomic mass is 79.9. The Morgan fingerprint density at radius 1 is 1.28 bits per heavy atom. The number of rotatable bonds is 8. The van der Waals surface area contributed by atoms with E-state index >= 15 is 0 Å². The Balaban J connectivity index is 1.40. The van der Waals surface area contributed by atoms with E-state index < -0.39 is 5.97 Å². The summed E-state index contributed by atoms with van der Waals surface area (Å²) in [7, 11) is 0. The van der Waals surface area contributed by atoms with Crippen LogP contribution in [-0.4, -0.2) is 69.0 Å². The van der Waals surface area contributed by atoms with E-state index in [-0.39, 0.29) is 17.4 Å². The van der Waals surface area contributed by atoms with Gasteiger partial charge in [-0.3, -0.25) is 14.5 Å². The van der Waals surface area contributed by atoms with Crippen LogP contribution in [-0.2, 0) is 9.59 Å². The highest BCUT2D eigenvalue weighted by Gasteiger charge is 2.41. The van der Waals surface area contributed by atoms with Crippen LogP contribution in [0.4, 0.5) is 0 Å². The lowest BCUT2D eigenvalue weighted by Crippen LogP contribution is -2.56. The molecule has 1 unspecified atom stereocenters. The van der Waals surface area contributed by atoms with Gasteiger partial charge in [-0.15, -0.1) is 11.8 Å². The summed E-state index contributed by atoms with van der Waals surface area (Å²) >= 11 is 4.76. The maximum absolute atomic E-state index is 12.0. The van der Waals surface area contributed by atoms with Crippen molar-refractivity contribution in [2.75, 3.05) is 31.1 Å². The van der Waals surface area contributed by atoms with Gasteiger partial charge in [-0.2, -0.15) is 0 Å². The smallest absolute Gasteiger partial charge is 0.313 e. The molecule has 2 aromatic rings. The number of fused-ring (bicyclic) bond motifs is 3. The first-order valence-corrected chi connectivity index (χ1v) is 12.8. The zero-order valence-electron chi connectivity index (χ0n) is 18.0. The summed E-state index contributed by atoms with van der Waals surface area (Å²) in [6.07, 6.45) is 2.16. The van der Waals surface area contributed by atoms with Crippen LogP contribution in [0.1, 0.15) is 30.3 Å². The third kappa shape index (κ3) is 5.50. The average Bonchev–Trinajstić information content (AvgIpc) is 2.77. The van der Waals surface area contributed by atoms with Gasteiger partial charge in [0.15, 0.2) is 0 Å². The first-order valence-electron chi connectivity index (χ1n) is 10.8. The van der Waals surface area contributed by atoms with Crippen LogP contribution >= 0.6 is 27.7 Å². The molecule has 1 amide bonds. The molecule has 4 heterocycles. The molecular weight excluding hydrogens is 492 g/mol. The minimum atomic E-state index is -0.896. The molecule has 170 valence electrons. The lowest BCUT2D eigenvalue weighted by atomic mass is 9.74. The summed E-state index contributed by atoms with van der Waals surface area (Å²) in [5.41, 5.74) is 3.12. The molecule has 0 spiro atoms. The Hall–Kier alpha value is -1.97. The molecule has 32 heavy (non-hydrogen) atoms. The fraction of sp³-hybridized carbons (Fsp3) is 0.478. The number of carboxylic acids is 1. The number of piperidine rings is 3. The van der Waals surface area contributed by atoms with E-state index in [1.165, 1.54) is 0 Å². The number of aliphatic carboxylic acids is 1. The molecular formula is C23H27BrN4O3S. The predicted molar refractivity (Wildman–Crippen MR) is 129 cm³/mol. The number of nitrogens with one attached hydrogen (secondary N) is 1. The summed E-state index contributed by atoms with van der Waals surface area (Å²) in [6.45, 7) is 4.54. The van der Waals surface area contributed by atoms with Crippen molar-refractivity contribution >= 4 is 39.6 Å². The number of hydrogen-bond donors (Lipinski definition) is 2. The molecule has 0 aliphatic carbocycles. The quantitative estimate of drug-likeness (QED) is 0.553. The topological polar surface area (TPSA) is 95.4 Å². The Morgan fingerprint density at radius 3 is 2.81 bits per heavy atom. The first-order chi connectivity index (χ1) is 15.4. The molecule has 3 fully saturated rings. The van der Waals surface area contributed by atoms with E-state index in [0.717, 1.165) is 64.9 Å². The molecule has 5 rings (SSSR count). The van der Waals surface area contributed by atoms with Crippen molar-refractivity contribution in [1.82, 2.24) is 20.2 Å². The largest absolute Gasteiger partial charge is 0.481 e. The van der Waals surface area contributed by atoms with Gasteiger partial charge in [0, 0.05) is 40.8 Å². The van der Waals surface area contributed by atoms with Crippen molar-refractivity contribution in [3.63, 3.8) is 0 Å². The monoisotopic (exact) mass is 518 g/mol. The van der Waals surface area contributed by atoms with Gasteiger partial charge in [0.05, 0.1) is 17.2 Å². The van der Waals surface area contributed by atoms with Crippen LogP contribution in [0.2, 0.25) is 0 Å². The Morgan fingerprint density at radius 2 is 2.09 bits per heavy atom. The molecule has 0 saturated carbocycles. The van der Waals surface area contributed by atoms with Crippen LogP contribution in [0.15, 0.2) is 34.8 Å². The van der Waals surface area contributed by atoms with Gasteiger partial charge in [-0.1, -0.05) is 34.1 Å². The summed E-state index contributed by atoms with van der Waals surface area (Å²) in [5, 5.41) is 11.7. The summed E-state index contributed by atoms with van der Waals surface area (Å²) < 4.78 is 1.02. The van der Waals surface area contributed by atoms with Crippen LogP contribution in [0.25, 0.3) is 11.3 Å². The lowest BCUT2D eigenvalue weighted by Gasteiger charge is -2.49. The Labute approximate surface area is 200 Å². The number of thioether (sulfide) groups is 1. The number of carboxylic acid groups (broad SMARTS) is 1. The molecule has 2 bridgehead atoms. The third-order valence-electron chi connectivity index (χ3n) is 6.26. The van der Waals surface area contributed by atoms with E-state index in [4.69, 9.17) is 10.1 Å². The summed E-state index contributed by atoms with van der Waals surface area (Å²) in [4.78, 5) is 34.6. The molecule has 1 aromatic heterocycles. The van der Waals surface area contributed by atoms with Crippen molar-refractivity contribution in [1.29, 1.82) is 0 Å². The number of benzene rings is 1. The molecule has 3 aliphatic heterocycles. The number of aryl methyl sites for hydroxylation is 1.